The van der Waals surface area contributed by atoms with Gasteiger partial charge in [0.1, 0.15) is 11.6 Å². The van der Waals surface area contributed by atoms with Crippen molar-refractivity contribution in [2.45, 2.75) is 13.3 Å². The molecule has 3 aromatic rings. The maximum atomic E-state index is 12.6. The van der Waals surface area contributed by atoms with Gasteiger partial charge in [-0.15, -0.1) is 0 Å². The number of rotatable bonds is 10. The molecule has 2 N–H and O–H groups in total. The van der Waals surface area contributed by atoms with E-state index in [1.807, 2.05) is 43.5 Å². The number of nitriles is 1. The Morgan fingerprint density at radius 1 is 1.21 bits per heavy atom. The van der Waals surface area contributed by atoms with E-state index in [-0.39, 0.29) is 12.2 Å². The third-order valence-corrected chi connectivity index (χ3v) is 5.64. The van der Waals surface area contributed by atoms with Crippen molar-refractivity contribution in [2.24, 2.45) is 0 Å². The summed E-state index contributed by atoms with van der Waals surface area (Å²) < 4.78 is 16.2. The van der Waals surface area contributed by atoms with Crippen LogP contribution in [-0.2, 0) is 20.7 Å². The number of hydrogen-bond acceptors (Lipinski definition) is 6. The van der Waals surface area contributed by atoms with Crippen molar-refractivity contribution < 1.29 is 23.8 Å². The Hall–Kier alpha value is -3.77. The van der Waals surface area contributed by atoms with Crippen molar-refractivity contribution in [3.63, 3.8) is 0 Å². The Bertz CT molecular complexity index is 1260. The second-order valence-corrected chi connectivity index (χ2v) is 8.01. The molecule has 1 amide bonds. The molecule has 0 radical (unpaired) electrons. The van der Waals surface area contributed by atoms with Gasteiger partial charge in [0.25, 0.3) is 5.91 Å². The van der Waals surface area contributed by atoms with Gasteiger partial charge in [0.05, 0.1) is 13.7 Å². The van der Waals surface area contributed by atoms with Gasteiger partial charge < -0.3 is 24.5 Å². The van der Waals surface area contributed by atoms with Crippen LogP contribution in [0.1, 0.15) is 18.1 Å². The van der Waals surface area contributed by atoms with E-state index in [4.69, 9.17) is 9.47 Å². The molecule has 8 nitrogen and oxygen atoms in total. The molecule has 176 valence electrons. The topological polar surface area (TPSA) is 113 Å². The molecule has 0 aliphatic carbocycles. The zero-order valence-corrected chi connectivity index (χ0v) is 20.4. The fourth-order valence-corrected chi connectivity index (χ4v) is 3.72. The lowest BCUT2D eigenvalue weighted by Gasteiger charge is -2.13. The molecule has 0 atom stereocenters. The van der Waals surface area contributed by atoms with Crippen molar-refractivity contribution in [1.29, 1.82) is 5.26 Å². The van der Waals surface area contributed by atoms with Crippen LogP contribution in [0.15, 0.2) is 52.6 Å². The van der Waals surface area contributed by atoms with Crippen LogP contribution in [0.4, 0.5) is 0 Å². The van der Waals surface area contributed by atoms with Gasteiger partial charge in [0.2, 0.25) is 0 Å². The lowest BCUT2D eigenvalue weighted by molar-refractivity contribution is -0.142. The molecule has 0 aliphatic rings. The highest BCUT2D eigenvalue weighted by molar-refractivity contribution is 9.10. The van der Waals surface area contributed by atoms with Crippen LogP contribution in [0.2, 0.25) is 0 Å². The predicted molar refractivity (Wildman–Crippen MR) is 131 cm³/mol. The van der Waals surface area contributed by atoms with Gasteiger partial charge in [-0.3, -0.25) is 4.79 Å². The first-order valence-electron chi connectivity index (χ1n) is 10.6. The van der Waals surface area contributed by atoms with Gasteiger partial charge in [0, 0.05) is 28.1 Å². The van der Waals surface area contributed by atoms with Crippen LogP contribution in [0, 0.1) is 11.3 Å². The molecular formula is C25H24BrN3O5. The van der Waals surface area contributed by atoms with Crippen LogP contribution in [0.3, 0.4) is 0 Å². The number of fused-ring (bicyclic) bond motifs is 1. The Kier molecular flexibility index (Phi) is 8.71. The molecule has 0 spiro atoms. The first kappa shape index (κ1) is 24.9. The SMILES string of the molecule is CCOc1cc(/C=C(/C#N)C(=O)NCCc2c[nH]c3ccccc23)c(Br)cc1OCC(=O)OC. The van der Waals surface area contributed by atoms with E-state index >= 15 is 0 Å². The number of aromatic nitrogens is 1. The number of carbonyl (C=O) groups excluding carboxylic acids is 2. The molecule has 0 fully saturated rings. The number of H-pyrrole nitrogens is 1. The van der Waals surface area contributed by atoms with E-state index < -0.39 is 11.9 Å². The standard InChI is InChI=1S/C25H24BrN3O5/c1-3-33-22-11-17(20(26)12-23(22)34-15-24(30)32-2)10-18(13-27)25(31)28-9-8-16-14-29-21-7-5-4-6-19(16)21/h4-7,10-12,14,29H,3,8-9,15H2,1-2H3,(H,28,31)/b18-10-. The third-order valence-electron chi connectivity index (χ3n) is 4.96. The smallest absolute Gasteiger partial charge is 0.343 e. The van der Waals surface area contributed by atoms with Crippen molar-refractivity contribution in [3.8, 4) is 17.6 Å². The number of hydrogen-bond donors (Lipinski definition) is 2. The van der Waals surface area contributed by atoms with E-state index in [9.17, 15) is 14.9 Å². The summed E-state index contributed by atoms with van der Waals surface area (Å²) in [7, 11) is 1.27. The molecule has 1 aromatic heterocycles. The van der Waals surface area contributed by atoms with Gasteiger partial charge in [-0.1, -0.05) is 34.1 Å². The highest BCUT2D eigenvalue weighted by atomic mass is 79.9. The van der Waals surface area contributed by atoms with Crippen LogP contribution >= 0.6 is 15.9 Å². The zero-order valence-electron chi connectivity index (χ0n) is 18.8. The van der Waals surface area contributed by atoms with Crippen LogP contribution in [0.25, 0.3) is 17.0 Å². The minimum Gasteiger partial charge on any atom is -0.490 e. The number of nitrogens with zero attached hydrogens (tertiary/aromatic N) is 1. The van der Waals surface area contributed by atoms with E-state index in [1.165, 1.54) is 13.2 Å². The number of ether oxygens (including phenoxy) is 3. The van der Waals surface area contributed by atoms with E-state index in [0.29, 0.717) is 41.1 Å². The van der Waals surface area contributed by atoms with Crippen molar-refractivity contribution in [2.75, 3.05) is 26.9 Å². The highest BCUT2D eigenvalue weighted by Crippen LogP contribution is 2.35. The number of carbonyl (C=O) groups is 2. The summed E-state index contributed by atoms with van der Waals surface area (Å²) in [5.41, 5.74) is 2.63. The average Bonchev–Trinajstić information content (AvgIpc) is 3.26. The Morgan fingerprint density at radius 2 is 1.97 bits per heavy atom. The maximum Gasteiger partial charge on any atom is 0.343 e. The van der Waals surface area contributed by atoms with Gasteiger partial charge >= 0.3 is 5.97 Å². The predicted octanol–water partition coefficient (Wildman–Crippen LogP) is 4.15. The molecule has 0 saturated heterocycles. The van der Waals surface area contributed by atoms with E-state index in [1.54, 1.807) is 12.1 Å². The van der Waals surface area contributed by atoms with E-state index in [2.05, 4.69) is 31.0 Å². The molecular weight excluding hydrogens is 502 g/mol. The number of para-hydroxylation sites is 1. The van der Waals surface area contributed by atoms with Gasteiger partial charge in [-0.05, 0) is 48.7 Å². The number of aromatic amines is 1. The molecule has 3 rings (SSSR count). The molecule has 1 heterocycles. The highest BCUT2D eigenvalue weighted by Gasteiger charge is 2.15. The lowest BCUT2D eigenvalue weighted by Crippen LogP contribution is -2.26. The number of benzene rings is 2. The lowest BCUT2D eigenvalue weighted by atomic mass is 10.1. The fraction of sp³-hybridized carbons (Fsp3) is 0.240. The quantitative estimate of drug-likeness (QED) is 0.233. The molecule has 9 heteroatoms. The summed E-state index contributed by atoms with van der Waals surface area (Å²) in [6.07, 6.45) is 4.02. The number of nitrogens with one attached hydrogen (secondary N) is 2. The molecule has 0 saturated carbocycles. The third kappa shape index (κ3) is 6.17. The van der Waals surface area contributed by atoms with Gasteiger partial charge in [-0.2, -0.15) is 5.26 Å². The minimum atomic E-state index is -0.529. The van der Waals surface area contributed by atoms with Crippen molar-refractivity contribution >= 4 is 44.8 Å². The fourth-order valence-electron chi connectivity index (χ4n) is 3.29. The largest absolute Gasteiger partial charge is 0.490 e. The summed E-state index contributed by atoms with van der Waals surface area (Å²) in [6, 6.07) is 13.1. The Morgan fingerprint density at radius 3 is 2.71 bits per heavy atom. The summed E-state index contributed by atoms with van der Waals surface area (Å²) >= 11 is 3.42. The number of methoxy groups -OCH3 is 1. The molecule has 0 bridgehead atoms. The van der Waals surface area contributed by atoms with Crippen molar-refractivity contribution in [1.82, 2.24) is 10.3 Å². The minimum absolute atomic E-state index is 0.0506. The summed E-state index contributed by atoms with van der Waals surface area (Å²) in [4.78, 5) is 27.2. The first-order chi connectivity index (χ1) is 16.5. The monoisotopic (exact) mass is 525 g/mol. The number of amides is 1. The summed E-state index contributed by atoms with van der Waals surface area (Å²) in [5, 5.41) is 13.5. The van der Waals surface area contributed by atoms with Gasteiger partial charge in [0.15, 0.2) is 18.1 Å². The number of halogens is 1. The van der Waals surface area contributed by atoms with Gasteiger partial charge in [-0.25, -0.2) is 4.79 Å². The second kappa shape index (κ2) is 11.9. The normalized spacial score (nSPS) is 11.1. The first-order valence-corrected chi connectivity index (χ1v) is 11.4. The van der Waals surface area contributed by atoms with E-state index in [0.717, 1.165) is 16.5 Å². The van der Waals surface area contributed by atoms with Crippen LogP contribution < -0.4 is 14.8 Å². The molecule has 0 aliphatic heterocycles. The second-order valence-electron chi connectivity index (χ2n) is 7.15. The van der Waals surface area contributed by atoms with Crippen molar-refractivity contribution in [3.05, 3.63) is 63.8 Å². The Labute approximate surface area is 205 Å². The van der Waals surface area contributed by atoms with Crippen LogP contribution in [-0.4, -0.2) is 43.7 Å². The van der Waals surface area contributed by atoms with Crippen LogP contribution in [0.5, 0.6) is 11.5 Å². The molecule has 2 aromatic carbocycles. The maximum absolute atomic E-state index is 12.6. The summed E-state index contributed by atoms with van der Waals surface area (Å²) in [6.45, 7) is 2.27. The summed E-state index contributed by atoms with van der Waals surface area (Å²) in [5.74, 6) is -0.298. The number of esters is 1. The zero-order chi connectivity index (χ0) is 24.5. The average molecular weight is 526 g/mol. The Balaban J connectivity index is 1.72. The molecule has 34 heavy (non-hydrogen) atoms. The molecule has 0 unspecified atom stereocenters.